The van der Waals surface area contributed by atoms with Gasteiger partial charge in [-0.15, -0.1) is 0 Å². The number of aromatic nitrogens is 1. The molecule has 0 saturated carbocycles. The maximum Gasteiger partial charge on any atom is 0.252 e. The summed E-state index contributed by atoms with van der Waals surface area (Å²) >= 11 is 0. The zero-order chi connectivity index (χ0) is 27.4. The molecule has 3 aromatic rings. The largest absolute Gasteiger partial charge is 0.493 e. The molecule has 0 unspecified atom stereocenters. The molecule has 1 saturated heterocycles. The molecule has 9 heteroatoms. The molecular weight excluding hydrogens is 496 g/mol. The molecule has 1 fully saturated rings. The van der Waals surface area contributed by atoms with Crippen molar-refractivity contribution < 1.29 is 23.8 Å². The number of aryl methyl sites for hydroxylation is 1. The van der Waals surface area contributed by atoms with Crippen molar-refractivity contribution in [3.05, 3.63) is 82.6 Å². The predicted molar refractivity (Wildman–Crippen MR) is 146 cm³/mol. The van der Waals surface area contributed by atoms with Crippen LogP contribution >= 0.6 is 0 Å². The van der Waals surface area contributed by atoms with Crippen molar-refractivity contribution in [3.8, 4) is 5.75 Å². The summed E-state index contributed by atoms with van der Waals surface area (Å²) in [6, 6.07) is 12.1. The van der Waals surface area contributed by atoms with Crippen molar-refractivity contribution in [3.63, 3.8) is 0 Å². The lowest BCUT2D eigenvalue weighted by Crippen LogP contribution is -2.52. The van der Waals surface area contributed by atoms with E-state index in [0.717, 1.165) is 42.6 Å². The van der Waals surface area contributed by atoms with Crippen molar-refractivity contribution in [2.75, 3.05) is 13.2 Å². The van der Waals surface area contributed by atoms with Gasteiger partial charge in [0.05, 0.1) is 24.4 Å². The van der Waals surface area contributed by atoms with Gasteiger partial charge in [-0.3, -0.25) is 9.59 Å². The van der Waals surface area contributed by atoms with Crippen LogP contribution in [0, 0.1) is 6.92 Å². The van der Waals surface area contributed by atoms with E-state index in [-0.39, 0.29) is 17.9 Å². The van der Waals surface area contributed by atoms with Crippen LogP contribution in [0.1, 0.15) is 75.7 Å². The number of nitrogens with one attached hydrogen (secondary N) is 3. The van der Waals surface area contributed by atoms with Crippen LogP contribution < -0.4 is 20.7 Å². The summed E-state index contributed by atoms with van der Waals surface area (Å²) in [4.78, 5) is 31.3. The molecular formula is C30H36N4O5. The van der Waals surface area contributed by atoms with E-state index < -0.39 is 18.2 Å². The van der Waals surface area contributed by atoms with Crippen molar-refractivity contribution in [1.82, 2.24) is 20.9 Å². The van der Waals surface area contributed by atoms with Gasteiger partial charge >= 0.3 is 0 Å². The number of carbonyl (C=O) groups is 2. The number of nitrogens with zero attached hydrogens (tertiary/aromatic N) is 1. The third kappa shape index (κ3) is 6.32. The van der Waals surface area contributed by atoms with Crippen LogP contribution in [-0.4, -0.2) is 53.2 Å². The number of rotatable bonds is 9. The Balaban J connectivity index is 1.39. The highest BCUT2D eigenvalue weighted by Crippen LogP contribution is 2.30. The SMILES string of the molecule is Cc1coc([C@@H](C)NC(=O)c2cc(C(=O)N[C@@H](Cc3ccccc3)[C@H](O)[C@H]3CCCN3)cc3c2CCCO3)n1. The summed E-state index contributed by atoms with van der Waals surface area (Å²) in [7, 11) is 0. The minimum Gasteiger partial charge on any atom is -0.493 e. The number of fused-ring (bicyclic) bond motifs is 1. The highest BCUT2D eigenvalue weighted by Gasteiger charge is 2.32. The zero-order valence-corrected chi connectivity index (χ0v) is 22.4. The maximum atomic E-state index is 13.6. The molecule has 4 atom stereocenters. The fourth-order valence-electron chi connectivity index (χ4n) is 5.36. The molecule has 9 nitrogen and oxygen atoms in total. The Labute approximate surface area is 228 Å². The van der Waals surface area contributed by atoms with Gasteiger partial charge in [0.2, 0.25) is 5.89 Å². The van der Waals surface area contributed by atoms with E-state index in [0.29, 0.717) is 42.2 Å². The molecule has 5 rings (SSSR count). The Bertz CT molecular complexity index is 1300. The first-order valence-corrected chi connectivity index (χ1v) is 13.7. The second-order valence-electron chi connectivity index (χ2n) is 10.4. The van der Waals surface area contributed by atoms with Crippen LogP contribution in [-0.2, 0) is 12.8 Å². The molecule has 0 spiro atoms. The fourth-order valence-corrected chi connectivity index (χ4v) is 5.36. The van der Waals surface area contributed by atoms with Crippen LogP contribution in [0.15, 0.2) is 53.1 Å². The molecule has 3 heterocycles. The van der Waals surface area contributed by atoms with Gasteiger partial charge in [0.15, 0.2) is 0 Å². The summed E-state index contributed by atoms with van der Waals surface area (Å²) in [5, 5.41) is 20.6. The van der Waals surface area contributed by atoms with Gasteiger partial charge in [-0.05, 0) is 70.2 Å². The van der Waals surface area contributed by atoms with E-state index in [9.17, 15) is 14.7 Å². The highest BCUT2D eigenvalue weighted by molar-refractivity contribution is 6.02. The standard InChI is InChI=1S/C30H36N4O5/c1-18-17-39-30(32-18)19(2)33-29(37)23-15-21(16-26-22(23)10-7-13-38-26)28(36)34-25(14-20-8-4-3-5-9-20)27(35)24-11-6-12-31-24/h3-5,8-9,15-17,19,24-25,27,31,35H,6-7,10-14H2,1-2H3,(H,33,37)(H,34,36)/t19-,24-,25+,27-/m1/s1. The summed E-state index contributed by atoms with van der Waals surface area (Å²) in [6.07, 6.45) is 4.55. The number of oxazole rings is 1. The van der Waals surface area contributed by atoms with Gasteiger partial charge in [0, 0.05) is 22.7 Å². The Morgan fingerprint density at radius 3 is 2.69 bits per heavy atom. The van der Waals surface area contributed by atoms with E-state index >= 15 is 0 Å². The Kier molecular flexibility index (Phi) is 8.28. The molecule has 2 amide bonds. The first kappa shape index (κ1) is 26.9. The number of ether oxygens (including phenoxy) is 1. The zero-order valence-electron chi connectivity index (χ0n) is 22.4. The van der Waals surface area contributed by atoms with E-state index in [1.54, 1.807) is 25.3 Å². The van der Waals surface area contributed by atoms with Crippen LogP contribution in [0.25, 0.3) is 0 Å². The van der Waals surface area contributed by atoms with Crippen LogP contribution in [0.4, 0.5) is 0 Å². The van der Waals surface area contributed by atoms with Gasteiger partial charge < -0.3 is 30.2 Å². The number of aliphatic hydroxyl groups excluding tert-OH is 1. The van der Waals surface area contributed by atoms with E-state index in [1.807, 2.05) is 37.3 Å². The molecule has 2 aromatic carbocycles. The average molecular weight is 533 g/mol. The number of amides is 2. The van der Waals surface area contributed by atoms with Gasteiger partial charge in [0.25, 0.3) is 11.8 Å². The van der Waals surface area contributed by atoms with E-state index in [2.05, 4.69) is 20.9 Å². The first-order valence-electron chi connectivity index (χ1n) is 13.7. The van der Waals surface area contributed by atoms with Gasteiger partial charge in [0.1, 0.15) is 18.1 Å². The molecule has 206 valence electrons. The molecule has 4 N–H and O–H groups in total. The average Bonchev–Trinajstić information content (AvgIpc) is 3.64. The molecule has 39 heavy (non-hydrogen) atoms. The van der Waals surface area contributed by atoms with E-state index in [4.69, 9.17) is 9.15 Å². The Hall–Kier alpha value is -3.69. The summed E-state index contributed by atoms with van der Waals surface area (Å²) in [5.41, 5.74) is 3.23. The first-order chi connectivity index (χ1) is 18.9. The second-order valence-corrected chi connectivity index (χ2v) is 10.4. The molecule has 2 aliphatic heterocycles. The lowest BCUT2D eigenvalue weighted by Gasteiger charge is -2.29. The Morgan fingerprint density at radius 2 is 1.97 bits per heavy atom. The minimum atomic E-state index is -0.765. The number of aliphatic hydroxyl groups is 1. The van der Waals surface area contributed by atoms with Crippen molar-refractivity contribution in [2.24, 2.45) is 0 Å². The highest BCUT2D eigenvalue weighted by atomic mass is 16.5. The second kappa shape index (κ2) is 12.0. The van der Waals surface area contributed by atoms with Crippen LogP contribution in [0.3, 0.4) is 0 Å². The quantitative estimate of drug-likeness (QED) is 0.333. The normalized spacial score (nSPS) is 18.9. The summed E-state index contributed by atoms with van der Waals surface area (Å²) < 4.78 is 11.3. The molecule has 0 bridgehead atoms. The number of carbonyl (C=O) groups excluding carboxylic acids is 2. The monoisotopic (exact) mass is 532 g/mol. The molecule has 0 aliphatic carbocycles. The van der Waals surface area contributed by atoms with Crippen molar-refractivity contribution in [2.45, 2.75) is 70.2 Å². The fraction of sp³-hybridized carbons (Fsp3) is 0.433. The Morgan fingerprint density at radius 1 is 1.15 bits per heavy atom. The van der Waals surface area contributed by atoms with Gasteiger partial charge in [-0.25, -0.2) is 4.98 Å². The number of benzene rings is 2. The summed E-state index contributed by atoms with van der Waals surface area (Å²) in [6.45, 7) is 4.99. The summed E-state index contributed by atoms with van der Waals surface area (Å²) in [5.74, 6) is 0.260. The van der Waals surface area contributed by atoms with Crippen LogP contribution in [0.2, 0.25) is 0 Å². The molecule has 1 aromatic heterocycles. The van der Waals surface area contributed by atoms with Gasteiger partial charge in [-0.1, -0.05) is 30.3 Å². The van der Waals surface area contributed by atoms with Crippen molar-refractivity contribution >= 4 is 11.8 Å². The topological polar surface area (TPSA) is 126 Å². The van der Waals surface area contributed by atoms with Crippen molar-refractivity contribution in [1.29, 1.82) is 0 Å². The minimum absolute atomic E-state index is 0.0902. The number of hydrogen-bond acceptors (Lipinski definition) is 7. The van der Waals surface area contributed by atoms with Crippen LogP contribution in [0.5, 0.6) is 5.75 Å². The maximum absolute atomic E-state index is 13.6. The smallest absolute Gasteiger partial charge is 0.252 e. The molecule has 0 radical (unpaired) electrons. The molecule has 2 aliphatic rings. The lowest BCUT2D eigenvalue weighted by molar-refractivity contribution is 0.0737. The lowest BCUT2D eigenvalue weighted by atomic mass is 9.94. The van der Waals surface area contributed by atoms with Gasteiger partial charge in [-0.2, -0.15) is 0 Å². The predicted octanol–water partition coefficient (Wildman–Crippen LogP) is 3.25. The van der Waals surface area contributed by atoms with E-state index in [1.165, 1.54) is 0 Å². The number of hydrogen-bond donors (Lipinski definition) is 4. The third-order valence-corrected chi connectivity index (χ3v) is 7.44. The third-order valence-electron chi connectivity index (χ3n) is 7.44.